The molecular formula is C17H20N2O3S. The fraction of sp³-hybridized carbons (Fsp3) is 0.412. The van der Waals surface area contributed by atoms with E-state index in [0.717, 1.165) is 17.7 Å². The number of hydrogen-bond donors (Lipinski definition) is 1. The van der Waals surface area contributed by atoms with Crippen molar-refractivity contribution in [2.24, 2.45) is 0 Å². The Morgan fingerprint density at radius 1 is 1.35 bits per heavy atom. The minimum atomic E-state index is -0.404. The highest BCUT2D eigenvalue weighted by Gasteiger charge is 2.35. The number of aryl methyl sites for hydroxylation is 1. The Kier molecular flexibility index (Phi) is 4.81. The Morgan fingerprint density at radius 2 is 2.17 bits per heavy atom. The molecule has 1 saturated heterocycles. The summed E-state index contributed by atoms with van der Waals surface area (Å²) in [4.78, 5) is 28.9. The quantitative estimate of drug-likeness (QED) is 0.916. The van der Waals surface area contributed by atoms with Crippen molar-refractivity contribution in [3.63, 3.8) is 0 Å². The normalized spacial score (nSPS) is 17.4. The van der Waals surface area contributed by atoms with Crippen LogP contribution < -0.4 is 5.32 Å². The Bertz CT molecular complexity index is 678. The molecule has 1 aliphatic rings. The van der Waals surface area contributed by atoms with Gasteiger partial charge in [-0.1, -0.05) is 6.92 Å². The zero-order valence-corrected chi connectivity index (χ0v) is 13.9. The van der Waals surface area contributed by atoms with E-state index in [1.807, 2.05) is 6.07 Å². The first-order valence-electron chi connectivity index (χ1n) is 7.89. The lowest BCUT2D eigenvalue weighted by Crippen LogP contribution is -2.45. The van der Waals surface area contributed by atoms with Gasteiger partial charge in [0.25, 0.3) is 5.91 Å². The van der Waals surface area contributed by atoms with E-state index in [4.69, 9.17) is 4.42 Å². The average Bonchev–Trinajstić information content (AvgIpc) is 3.33. The number of carbonyl (C=O) groups is 2. The molecule has 5 nitrogen and oxygen atoms in total. The van der Waals surface area contributed by atoms with Crippen LogP contribution in [0.3, 0.4) is 0 Å². The number of likely N-dealkylation sites (tertiary alicyclic amines) is 1. The monoisotopic (exact) mass is 332 g/mol. The fourth-order valence-electron chi connectivity index (χ4n) is 2.82. The molecule has 0 aliphatic carbocycles. The zero-order chi connectivity index (χ0) is 16.2. The van der Waals surface area contributed by atoms with Crippen LogP contribution in [0.4, 0.5) is 0 Å². The van der Waals surface area contributed by atoms with Gasteiger partial charge >= 0.3 is 0 Å². The van der Waals surface area contributed by atoms with Gasteiger partial charge in [-0.05, 0) is 43.5 Å². The summed E-state index contributed by atoms with van der Waals surface area (Å²) in [5.74, 6) is -0.0126. The lowest BCUT2D eigenvalue weighted by Gasteiger charge is -2.22. The number of hydrogen-bond acceptors (Lipinski definition) is 4. The molecule has 1 aliphatic heterocycles. The summed E-state index contributed by atoms with van der Waals surface area (Å²) < 4.78 is 5.16. The molecule has 0 radical (unpaired) electrons. The third kappa shape index (κ3) is 3.47. The van der Waals surface area contributed by atoms with Crippen molar-refractivity contribution < 1.29 is 14.0 Å². The van der Waals surface area contributed by atoms with E-state index >= 15 is 0 Å². The predicted molar refractivity (Wildman–Crippen MR) is 88.3 cm³/mol. The summed E-state index contributed by atoms with van der Waals surface area (Å²) >= 11 is 1.71. The highest BCUT2D eigenvalue weighted by atomic mass is 32.1. The van der Waals surface area contributed by atoms with Crippen LogP contribution in [0.15, 0.2) is 34.9 Å². The Labute approximate surface area is 139 Å². The number of nitrogens with one attached hydrogen (secondary N) is 1. The molecule has 122 valence electrons. The van der Waals surface area contributed by atoms with E-state index in [0.29, 0.717) is 19.5 Å². The number of carbonyl (C=O) groups excluding carboxylic acids is 2. The molecule has 2 aromatic heterocycles. The van der Waals surface area contributed by atoms with Crippen LogP contribution in [0, 0.1) is 0 Å². The first-order valence-corrected chi connectivity index (χ1v) is 8.70. The standard InChI is InChI=1S/C17H20N2O3S/c1-2-12-7-8-13(23-12)11-18-16(20)14-5-3-9-19(14)17(21)15-6-4-10-22-15/h4,6-8,10,14H,2-3,5,9,11H2,1H3,(H,18,20)/t14-/m1/s1. The molecule has 23 heavy (non-hydrogen) atoms. The van der Waals surface area contributed by atoms with Gasteiger partial charge in [0.1, 0.15) is 6.04 Å². The summed E-state index contributed by atoms with van der Waals surface area (Å²) in [7, 11) is 0. The van der Waals surface area contributed by atoms with Crippen LogP contribution in [0.25, 0.3) is 0 Å². The first kappa shape index (κ1) is 15.8. The molecule has 6 heteroatoms. The molecule has 0 unspecified atom stereocenters. The van der Waals surface area contributed by atoms with Gasteiger partial charge in [-0.3, -0.25) is 9.59 Å². The summed E-state index contributed by atoms with van der Waals surface area (Å²) in [6.45, 7) is 3.23. The maximum atomic E-state index is 12.4. The molecule has 2 amide bonds. The van der Waals surface area contributed by atoms with Crippen molar-refractivity contribution in [3.8, 4) is 0 Å². The first-order chi connectivity index (χ1) is 11.2. The van der Waals surface area contributed by atoms with Crippen LogP contribution in [-0.4, -0.2) is 29.3 Å². The molecule has 1 atom stereocenters. The smallest absolute Gasteiger partial charge is 0.290 e. The summed E-state index contributed by atoms with van der Waals surface area (Å²) in [6.07, 6.45) is 4.01. The zero-order valence-electron chi connectivity index (χ0n) is 13.1. The summed E-state index contributed by atoms with van der Waals surface area (Å²) in [6, 6.07) is 7.05. The van der Waals surface area contributed by atoms with Crippen molar-refractivity contribution in [3.05, 3.63) is 46.0 Å². The van der Waals surface area contributed by atoms with Crippen molar-refractivity contribution in [1.29, 1.82) is 0 Å². The van der Waals surface area contributed by atoms with Crippen molar-refractivity contribution in [1.82, 2.24) is 10.2 Å². The summed E-state index contributed by atoms with van der Waals surface area (Å²) in [5.41, 5.74) is 0. The molecule has 2 aromatic rings. The van der Waals surface area contributed by atoms with Crippen molar-refractivity contribution in [2.45, 2.75) is 38.8 Å². The SMILES string of the molecule is CCc1ccc(CNC(=O)[C@H]2CCCN2C(=O)c2ccco2)s1. The van der Waals surface area contributed by atoms with Gasteiger partial charge in [0, 0.05) is 16.3 Å². The largest absolute Gasteiger partial charge is 0.459 e. The molecule has 3 rings (SSSR count). The van der Waals surface area contributed by atoms with Gasteiger partial charge in [-0.15, -0.1) is 11.3 Å². The predicted octanol–water partition coefficient (Wildman–Crippen LogP) is 2.82. The van der Waals surface area contributed by atoms with Gasteiger partial charge in [-0.25, -0.2) is 0 Å². The molecule has 0 bridgehead atoms. The van der Waals surface area contributed by atoms with Crippen molar-refractivity contribution in [2.75, 3.05) is 6.54 Å². The van der Waals surface area contributed by atoms with Crippen LogP contribution in [0.1, 0.15) is 40.1 Å². The minimum Gasteiger partial charge on any atom is -0.459 e. The average molecular weight is 332 g/mol. The van der Waals surface area contributed by atoms with Gasteiger partial charge in [0.2, 0.25) is 5.91 Å². The van der Waals surface area contributed by atoms with E-state index in [1.165, 1.54) is 11.1 Å². The van der Waals surface area contributed by atoms with Gasteiger partial charge in [0.15, 0.2) is 5.76 Å². The van der Waals surface area contributed by atoms with E-state index in [-0.39, 0.29) is 17.6 Å². The Morgan fingerprint density at radius 3 is 2.87 bits per heavy atom. The van der Waals surface area contributed by atoms with Crippen LogP contribution >= 0.6 is 11.3 Å². The molecule has 3 heterocycles. The van der Waals surface area contributed by atoms with E-state index in [2.05, 4.69) is 18.3 Å². The number of nitrogens with zero attached hydrogens (tertiary/aromatic N) is 1. The topological polar surface area (TPSA) is 62.6 Å². The summed E-state index contributed by atoms with van der Waals surface area (Å²) in [5, 5.41) is 2.96. The molecule has 0 spiro atoms. The maximum absolute atomic E-state index is 12.4. The molecule has 1 N–H and O–H groups in total. The van der Waals surface area contributed by atoms with E-state index < -0.39 is 6.04 Å². The van der Waals surface area contributed by atoms with Crippen LogP contribution in [0.5, 0.6) is 0 Å². The number of amides is 2. The molecule has 0 aromatic carbocycles. The van der Waals surface area contributed by atoms with Gasteiger partial charge < -0.3 is 14.6 Å². The minimum absolute atomic E-state index is 0.0890. The number of thiophene rings is 1. The maximum Gasteiger partial charge on any atom is 0.290 e. The number of furan rings is 1. The fourth-order valence-corrected chi connectivity index (χ4v) is 3.72. The van der Waals surface area contributed by atoms with E-state index in [9.17, 15) is 9.59 Å². The van der Waals surface area contributed by atoms with Crippen LogP contribution in [0.2, 0.25) is 0 Å². The van der Waals surface area contributed by atoms with Gasteiger partial charge in [-0.2, -0.15) is 0 Å². The van der Waals surface area contributed by atoms with Crippen LogP contribution in [-0.2, 0) is 17.8 Å². The highest BCUT2D eigenvalue weighted by Crippen LogP contribution is 2.21. The van der Waals surface area contributed by atoms with Crippen molar-refractivity contribution >= 4 is 23.2 Å². The molecule has 1 fully saturated rings. The Balaban J connectivity index is 1.60. The lowest BCUT2D eigenvalue weighted by atomic mass is 10.2. The lowest BCUT2D eigenvalue weighted by molar-refractivity contribution is -0.125. The van der Waals surface area contributed by atoms with Gasteiger partial charge in [0.05, 0.1) is 12.8 Å². The molecule has 0 saturated carbocycles. The third-order valence-electron chi connectivity index (χ3n) is 4.05. The second-order valence-corrected chi connectivity index (χ2v) is 6.83. The third-order valence-corrected chi connectivity index (χ3v) is 5.28. The highest BCUT2D eigenvalue weighted by molar-refractivity contribution is 7.11. The second-order valence-electron chi connectivity index (χ2n) is 5.57. The van der Waals surface area contributed by atoms with E-state index in [1.54, 1.807) is 28.4 Å². The molecular weight excluding hydrogens is 312 g/mol. The Hall–Kier alpha value is -2.08. The second kappa shape index (κ2) is 7.00. The number of rotatable bonds is 5.